The zero-order valence-electron chi connectivity index (χ0n) is 10.5. The van der Waals surface area contributed by atoms with Gasteiger partial charge in [0.1, 0.15) is 0 Å². The molecule has 5 nitrogen and oxygen atoms in total. The number of aromatic carboxylic acids is 1. The standard InChI is InChI=1S/C14H11NO4S/c1-2-6-20-7-5-15-12(16)10-4-3-9(14(18)19)8-11(10)13(15)17/h1,3-4,8H,5-7H2,(H,18,19). The van der Waals surface area contributed by atoms with Crippen LogP contribution >= 0.6 is 11.8 Å². The van der Waals surface area contributed by atoms with E-state index in [2.05, 4.69) is 5.92 Å². The molecule has 0 aliphatic carbocycles. The van der Waals surface area contributed by atoms with Crippen LogP contribution in [0.2, 0.25) is 0 Å². The van der Waals surface area contributed by atoms with E-state index in [0.29, 0.717) is 11.5 Å². The van der Waals surface area contributed by atoms with Crippen molar-refractivity contribution in [3.63, 3.8) is 0 Å². The van der Waals surface area contributed by atoms with Crippen molar-refractivity contribution in [1.82, 2.24) is 4.90 Å². The summed E-state index contributed by atoms with van der Waals surface area (Å²) in [5.74, 6) is 1.57. The number of benzene rings is 1. The molecule has 1 aromatic carbocycles. The maximum Gasteiger partial charge on any atom is 0.335 e. The third kappa shape index (κ3) is 2.53. The van der Waals surface area contributed by atoms with E-state index >= 15 is 0 Å². The highest BCUT2D eigenvalue weighted by atomic mass is 32.2. The molecular formula is C14H11NO4S. The first kappa shape index (κ1) is 14.2. The molecule has 0 aromatic heterocycles. The van der Waals surface area contributed by atoms with Gasteiger partial charge in [-0.2, -0.15) is 0 Å². The van der Waals surface area contributed by atoms with Gasteiger partial charge >= 0.3 is 5.97 Å². The van der Waals surface area contributed by atoms with Crippen molar-refractivity contribution in [1.29, 1.82) is 0 Å². The van der Waals surface area contributed by atoms with Crippen molar-refractivity contribution in [2.45, 2.75) is 0 Å². The summed E-state index contributed by atoms with van der Waals surface area (Å²) in [5.41, 5.74) is 0.396. The van der Waals surface area contributed by atoms with Crippen molar-refractivity contribution in [2.24, 2.45) is 0 Å². The van der Waals surface area contributed by atoms with Crippen molar-refractivity contribution in [3.8, 4) is 12.3 Å². The highest BCUT2D eigenvalue weighted by Crippen LogP contribution is 2.24. The van der Waals surface area contributed by atoms with Crippen molar-refractivity contribution in [3.05, 3.63) is 34.9 Å². The number of rotatable bonds is 5. The SMILES string of the molecule is C#CCSCCN1C(=O)c2ccc(C(=O)O)cc2C1=O. The van der Waals surface area contributed by atoms with Gasteiger partial charge in [0.25, 0.3) is 11.8 Å². The predicted octanol–water partition coefficient (Wildman–Crippen LogP) is 1.35. The predicted molar refractivity (Wildman–Crippen MR) is 74.9 cm³/mol. The second-order valence-corrected chi connectivity index (χ2v) is 5.19. The molecule has 1 aliphatic heterocycles. The molecule has 0 fully saturated rings. The summed E-state index contributed by atoms with van der Waals surface area (Å²) in [4.78, 5) is 36.2. The van der Waals surface area contributed by atoms with E-state index in [4.69, 9.17) is 11.5 Å². The lowest BCUT2D eigenvalue weighted by molar-refractivity contribution is 0.0662. The van der Waals surface area contributed by atoms with Crippen LogP contribution in [0.4, 0.5) is 0 Å². The molecule has 0 radical (unpaired) electrons. The number of fused-ring (bicyclic) bond motifs is 1. The summed E-state index contributed by atoms with van der Waals surface area (Å²) in [7, 11) is 0. The normalized spacial score (nSPS) is 13.2. The molecule has 0 saturated heterocycles. The van der Waals surface area contributed by atoms with Crippen LogP contribution in [0, 0.1) is 12.3 Å². The van der Waals surface area contributed by atoms with Gasteiger partial charge in [-0.25, -0.2) is 4.79 Å². The summed E-state index contributed by atoms with van der Waals surface area (Å²) in [6, 6.07) is 3.95. The molecule has 2 rings (SSSR count). The minimum Gasteiger partial charge on any atom is -0.478 e. The zero-order valence-corrected chi connectivity index (χ0v) is 11.3. The highest BCUT2D eigenvalue weighted by molar-refractivity contribution is 7.99. The minimum atomic E-state index is -1.13. The molecule has 0 saturated carbocycles. The first-order chi connectivity index (χ1) is 9.56. The Balaban J connectivity index is 2.18. The van der Waals surface area contributed by atoms with Gasteiger partial charge in [-0.05, 0) is 18.2 Å². The monoisotopic (exact) mass is 289 g/mol. The molecule has 1 heterocycles. The van der Waals surface area contributed by atoms with E-state index in [1.807, 2.05) is 0 Å². The Kier molecular flexibility index (Phi) is 4.11. The number of carboxylic acid groups (broad SMARTS) is 1. The van der Waals surface area contributed by atoms with Crippen LogP contribution in [0.3, 0.4) is 0 Å². The fraction of sp³-hybridized carbons (Fsp3) is 0.214. The van der Waals surface area contributed by atoms with Crippen molar-refractivity contribution < 1.29 is 19.5 Å². The van der Waals surface area contributed by atoms with Gasteiger partial charge in [-0.3, -0.25) is 14.5 Å². The minimum absolute atomic E-state index is 0.00606. The molecule has 20 heavy (non-hydrogen) atoms. The number of carbonyl (C=O) groups excluding carboxylic acids is 2. The van der Waals surface area contributed by atoms with Gasteiger partial charge in [-0.15, -0.1) is 18.2 Å². The Morgan fingerprint density at radius 1 is 1.30 bits per heavy atom. The first-order valence-electron chi connectivity index (χ1n) is 5.81. The van der Waals surface area contributed by atoms with Crippen LogP contribution in [-0.2, 0) is 0 Å². The summed E-state index contributed by atoms with van der Waals surface area (Å²) >= 11 is 1.45. The molecule has 0 spiro atoms. The molecular weight excluding hydrogens is 278 g/mol. The third-order valence-corrected chi connectivity index (χ3v) is 3.70. The first-order valence-corrected chi connectivity index (χ1v) is 6.96. The summed E-state index contributed by atoms with van der Waals surface area (Å²) in [6.45, 7) is 0.265. The van der Waals surface area contributed by atoms with Crippen LogP contribution in [0.25, 0.3) is 0 Å². The average molecular weight is 289 g/mol. The maximum absolute atomic E-state index is 12.1. The summed E-state index contributed by atoms with van der Waals surface area (Å²) in [6.07, 6.45) is 5.12. The quantitative estimate of drug-likeness (QED) is 0.503. The molecule has 102 valence electrons. The van der Waals surface area contributed by atoms with Crippen LogP contribution in [0.5, 0.6) is 0 Å². The number of imide groups is 1. The van der Waals surface area contributed by atoms with Gasteiger partial charge in [0.05, 0.1) is 22.4 Å². The Morgan fingerprint density at radius 2 is 2.00 bits per heavy atom. The second kappa shape index (κ2) is 5.80. The molecule has 2 amide bonds. The number of hydrogen-bond acceptors (Lipinski definition) is 4. The molecule has 0 bridgehead atoms. The van der Waals surface area contributed by atoms with Gasteiger partial charge in [0.15, 0.2) is 0 Å². The zero-order chi connectivity index (χ0) is 14.7. The lowest BCUT2D eigenvalue weighted by atomic mass is 10.1. The van der Waals surface area contributed by atoms with E-state index < -0.39 is 11.9 Å². The number of nitrogens with zero attached hydrogens (tertiary/aromatic N) is 1. The van der Waals surface area contributed by atoms with E-state index in [1.54, 1.807) is 0 Å². The van der Waals surface area contributed by atoms with Crippen molar-refractivity contribution in [2.75, 3.05) is 18.1 Å². The van der Waals surface area contributed by atoms with Crippen LogP contribution in [0.1, 0.15) is 31.1 Å². The van der Waals surface area contributed by atoms with Gasteiger partial charge in [0.2, 0.25) is 0 Å². The van der Waals surface area contributed by atoms with E-state index in [0.717, 1.165) is 4.90 Å². The highest BCUT2D eigenvalue weighted by Gasteiger charge is 2.35. The molecule has 6 heteroatoms. The largest absolute Gasteiger partial charge is 0.478 e. The number of thioether (sulfide) groups is 1. The van der Waals surface area contributed by atoms with E-state index in [1.165, 1.54) is 30.0 Å². The summed E-state index contributed by atoms with van der Waals surface area (Å²) in [5, 5.41) is 8.90. The molecule has 1 N–H and O–H groups in total. The number of hydrogen-bond donors (Lipinski definition) is 1. The lowest BCUT2D eigenvalue weighted by Gasteiger charge is -2.12. The molecule has 1 aliphatic rings. The fourth-order valence-electron chi connectivity index (χ4n) is 1.91. The van der Waals surface area contributed by atoms with Crippen LogP contribution < -0.4 is 0 Å². The van der Waals surface area contributed by atoms with Gasteiger partial charge in [0, 0.05) is 12.3 Å². The van der Waals surface area contributed by atoms with Crippen LogP contribution in [0.15, 0.2) is 18.2 Å². The Morgan fingerprint density at radius 3 is 2.65 bits per heavy atom. The fourth-order valence-corrected chi connectivity index (χ4v) is 2.49. The smallest absolute Gasteiger partial charge is 0.335 e. The van der Waals surface area contributed by atoms with E-state index in [9.17, 15) is 14.4 Å². The third-order valence-electron chi connectivity index (χ3n) is 2.86. The Hall–Kier alpha value is -2.26. The van der Waals surface area contributed by atoms with E-state index in [-0.39, 0.29) is 29.1 Å². The van der Waals surface area contributed by atoms with Crippen molar-refractivity contribution >= 4 is 29.5 Å². The van der Waals surface area contributed by atoms with Gasteiger partial charge in [-0.1, -0.05) is 5.92 Å². The maximum atomic E-state index is 12.1. The Bertz CT molecular complexity index is 633. The number of carboxylic acids is 1. The number of terminal acetylenes is 1. The topological polar surface area (TPSA) is 74.7 Å². The lowest BCUT2D eigenvalue weighted by Crippen LogP contribution is -2.31. The second-order valence-electron chi connectivity index (χ2n) is 4.08. The average Bonchev–Trinajstić information content (AvgIpc) is 2.67. The molecule has 1 aromatic rings. The number of amides is 2. The number of carbonyl (C=O) groups is 3. The Labute approximate surface area is 120 Å². The van der Waals surface area contributed by atoms with Gasteiger partial charge < -0.3 is 5.11 Å². The molecule has 0 unspecified atom stereocenters. The van der Waals surface area contributed by atoms with Crippen LogP contribution in [-0.4, -0.2) is 45.8 Å². The summed E-state index contributed by atoms with van der Waals surface area (Å²) < 4.78 is 0. The molecule has 0 atom stereocenters.